The molecule has 21 heavy (non-hydrogen) atoms. The van der Waals surface area contributed by atoms with Gasteiger partial charge >= 0.3 is 0 Å². The molecule has 2 rings (SSSR count). The number of unbranched alkanes of at least 4 members (excludes halogenated alkanes) is 6. The standard InChI is InChI=1S/C16H23Cl2N3/c1-2-3-4-5-6-7-8-9-14-15(19)21-11-12(17)10-13(18)16(21)20-14/h10-11H,2-9,19H2,1H3. The van der Waals surface area contributed by atoms with Crippen molar-refractivity contribution in [2.45, 2.75) is 58.3 Å². The zero-order valence-electron chi connectivity index (χ0n) is 12.5. The van der Waals surface area contributed by atoms with Gasteiger partial charge in [-0.3, -0.25) is 4.40 Å². The Morgan fingerprint density at radius 1 is 1.10 bits per heavy atom. The van der Waals surface area contributed by atoms with Gasteiger partial charge in [0.05, 0.1) is 15.7 Å². The predicted octanol–water partition coefficient (Wildman–Crippen LogP) is 5.52. The van der Waals surface area contributed by atoms with Crippen LogP contribution < -0.4 is 5.73 Å². The minimum atomic E-state index is 0.542. The van der Waals surface area contributed by atoms with E-state index in [1.54, 1.807) is 16.7 Å². The van der Waals surface area contributed by atoms with Crippen LogP contribution in [0.4, 0.5) is 5.82 Å². The number of imidazole rings is 1. The number of aromatic nitrogens is 2. The Kier molecular flexibility index (Phi) is 6.19. The van der Waals surface area contributed by atoms with Gasteiger partial charge in [-0.05, 0) is 18.9 Å². The second-order valence-corrected chi connectivity index (χ2v) is 6.36. The van der Waals surface area contributed by atoms with Crippen molar-refractivity contribution in [1.82, 2.24) is 9.38 Å². The summed E-state index contributed by atoms with van der Waals surface area (Å²) >= 11 is 12.2. The summed E-state index contributed by atoms with van der Waals surface area (Å²) < 4.78 is 1.78. The number of hydrogen-bond donors (Lipinski definition) is 1. The number of nitrogens with two attached hydrogens (primary N) is 1. The quantitative estimate of drug-likeness (QED) is 0.649. The molecule has 3 nitrogen and oxygen atoms in total. The first-order valence-corrected chi connectivity index (χ1v) is 8.50. The number of pyridine rings is 1. The van der Waals surface area contributed by atoms with E-state index < -0.39 is 0 Å². The van der Waals surface area contributed by atoms with E-state index >= 15 is 0 Å². The average molecular weight is 328 g/mol. The molecule has 2 aromatic rings. The summed E-state index contributed by atoms with van der Waals surface area (Å²) in [5.41, 5.74) is 7.76. The summed E-state index contributed by atoms with van der Waals surface area (Å²) in [6, 6.07) is 1.70. The van der Waals surface area contributed by atoms with E-state index in [1.165, 1.54) is 38.5 Å². The van der Waals surface area contributed by atoms with Crippen molar-refractivity contribution in [3.63, 3.8) is 0 Å². The molecule has 0 saturated heterocycles. The van der Waals surface area contributed by atoms with Gasteiger partial charge in [0, 0.05) is 6.20 Å². The van der Waals surface area contributed by atoms with E-state index in [0.29, 0.717) is 21.5 Å². The molecule has 2 heterocycles. The van der Waals surface area contributed by atoms with Gasteiger partial charge in [0.1, 0.15) is 5.82 Å². The molecule has 116 valence electrons. The van der Waals surface area contributed by atoms with Gasteiger partial charge in [-0.1, -0.05) is 68.7 Å². The molecule has 0 aromatic carbocycles. The van der Waals surface area contributed by atoms with Crippen molar-refractivity contribution < 1.29 is 0 Å². The summed E-state index contributed by atoms with van der Waals surface area (Å²) in [5.74, 6) is 0.653. The lowest BCUT2D eigenvalue weighted by Gasteiger charge is -2.01. The first-order valence-electron chi connectivity index (χ1n) is 7.75. The van der Waals surface area contributed by atoms with Crippen LogP contribution in [-0.4, -0.2) is 9.38 Å². The normalized spacial score (nSPS) is 11.4. The predicted molar refractivity (Wildman–Crippen MR) is 91.3 cm³/mol. The highest BCUT2D eigenvalue weighted by Gasteiger charge is 2.12. The summed E-state index contributed by atoms with van der Waals surface area (Å²) in [4.78, 5) is 4.55. The number of halogens is 2. The Balaban J connectivity index is 1.91. The number of nitrogens with zero attached hydrogens (tertiary/aromatic N) is 2. The fourth-order valence-electron chi connectivity index (χ4n) is 2.57. The van der Waals surface area contributed by atoms with Crippen LogP contribution in [0.15, 0.2) is 12.3 Å². The van der Waals surface area contributed by atoms with Gasteiger partial charge in [-0.25, -0.2) is 4.98 Å². The first kappa shape index (κ1) is 16.4. The van der Waals surface area contributed by atoms with Crippen molar-refractivity contribution >= 4 is 34.7 Å². The third kappa shape index (κ3) is 4.27. The Labute approximate surface area is 136 Å². The lowest BCUT2D eigenvalue weighted by atomic mass is 10.1. The lowest BCUT2D eigenvalue weighted by Crippen LogP contribution is -1.97. The maximum atomic E-state index is 6.16. The van der Waals surface area contributed by atoms with Crippen LogP contribution in [0.3, 0.4) is 0 Å². The van der Waals surface area contributed by atoms with Crippen LogP contribution in [-0.2, 0) is 6.42 Å². The van der Waals surface area contributed by atoms with E-state index in [0.717, 1.165) is 18.5 Å². The average Bonchev–Trinajstić information content (AvgIpc) is 2.76. The fraction of sp³-hybridized carbons (Fsp3) is 0.562. The molecule has 0 aliphatic carbocycles. The van der Waals surface area contributed by atoms with Gasteiger partial charge in [0.25, 0.3) is 0 Å². The summed E-state index contributed by atoms with van der Waals surface area (Å²) in [7, 11) is 0. The molecule has 0 aliphatic rings. The van der Waals surface area contributed by atoms with Crippen LogP contribution in [0.25, 0.3) is 5.65 Å². The molecule has 0 atom stereocenters. The first-order chi connectivity index (χ1) is 10.1. The number of aryl methyl sites for hydroxylation is 1. The molecule has 0 amide bonds. The number of nitrogen functional groups attached to an aromatic ring is 1. The second kappa shape index (κ2) is 7.90. The smallest absolute Gasteiger partial charge is 0.157 e. The van der Waals surface area contributed by atoms with Gasteiger partial charge in [0.15, 0.2) is 5.65 Å². The van der Waals surface area contributed by atoms with E-state index in [9.17, 15) is 0 Å². The molecule has 0 spiro atoms. The highest BCUT2D eigenvalue weighted by molar-refractivity contribution is 6.36. The number of hydrogen-bond acceptors (Lipinski definition) is 2. The van der Waals surface area contributed by atoms with E-state index in [1.807, 2.05) is 0 Å². The van der Waals surface area contributed by atoms with E-state index in [-0.39, 0.29) is 0 Å². The minimum Gasteiger partial charge on any atom is -0.383 e. The van der Waals surface area contributed by atoms with Crippen LogP contribution in [0.1, 0.15) is 57.6 Å². The molecule has 0 aliphatic heterocycles. The molecule has 0 radical (unpaired) electrons. The summed E-state index contributed by atoms with van der Waals surface area (Å²) in [6.45, 7) is 2.24. The Morgan fingerprint density at radius 3 is 2.48 bits per heavy atom. The van der Waals surface area contributed by atoms with Gasteiger partial charge in [0.2, 0.25) is 0 Å². The van der Waals surface area contributed by atoms with Crippen LogP contribution in [0.2, 0.25) is 10.0 Å². The molecule has 0 unspecified atom stereocenters. The number of fused-ring (bicyclic) bond motifs is 1. The summed E-state index contributed by atoms with van der Waals surface area (Å²) in [6.07, 6.45) is 11.6. The highest BCUT2D eigenvalue weighted by Crippen LogP contribution is 2.26. The van der Waals surface area contributed by atoms with Crippen molar-refractivity contribution in [3.05, 3.63) is 28.0 Å². The zero-order chi connectivity index (χ0) is 15.2. The molecule has 2 N–H and O–H groups in total. The van der Waals surface area contributed by atoms with E-state index in [4.69, 9.17) is 28.9 Å². The molecular weight excluding hydrogens is 305 g/mol. The minimum absolute atomic E-state index is 0.542. The van der Waals surface area contributed by atoms with Gasteiger partial charge in [-0.15, -0.1) is 0 Å². The SMILES string of the molecule is CCCCCCCCCc1nc2c(Cl)cc(Cl)cn2c1N. The van der Waals surface area contributed by atoms with Crippen molar-refractivity contribution in [2.24, 2.45) is 0 Å². The van der Waals surface area contributed by atoms with Crippen LogP contribution in [0, 0.1) is 0 Å². The Morgan fingerprint density at radius 2 is 1.76 bits per heavy atom. The molecule has 0 saturated carbocycles. The zero-order valence-corrected chi connectivity index (χ0v) is 14.1. The summed E-state index contributed by atoms with van der Waals surface area (Å²) in [5, 5.41) is 1.11. The Hall–Kier alpha value is -0.930. The third-order valence-corrected chi connectivity index (χ3v) is 4.26. The molecule has 0 fully saturated rings. The molecular formula is C16H23Cl2N3. The largest absolute Gasteiger partial charge is 0.383 e. The lowest BCUT2D eigenvalue weighted by molar-refractivity contribution is 0.588. The number of rotatable bonds is 8. The second-order valence-electron chi connectivity index (χ2n) is 5.51. The number of anilines is 1. The monoisotopic (exact) mass is 327 g/mol. The highest BCUT2D eigenvalue weighted by atomic mass is 35.5. The van der Waals surface area contributed by atoms with Crippen molar-refractivity contribution in [3.8, 4) is 0 Å². The maximum absolute atomic E-state index is 6.16. The Bertz CT molecular complexity index is 593. The topological polar surface area (TPSA) is 43.3 Å². The molecule has 2 aromatic heterocycles. The molecule has 0 bridgehead atoms. The third-order valence-electron chi connectivity index (χ3n) is 3.77. The van der Waals surface area contributed by atoms with Crippen LogP contribution >= 0.6 is 23.2 Å². The van der Waals surface area contributed by atoms with Crippen LogP contribution in [0.5, 0.6) is 0 Å². The maximum Gasteiger partial charge on any atom is 0.157 e. The van der Waals surface area contributed by atoms with Crippen molar-refractivity contribution in [2.75, 3.05) is 5.73 Å². The fourth-order valence-corrected chi connectivity index (χ4v) is 3.08. The van der Waals surface area contributed by atoms with Crippen molar-refractivity contribution in [1.29, 1.82) is 0 Å². The van der Waals surface area contributed by atoms with Gasteiger partial charge in [-0.2, -0.15) is 0 Å². The molecule has 5 heteroatoms. The van der Waals surface area contributed by atoms with E-state index in [2.05, 4.69) is 11.9 Å². The van der Waals surface area contributed by atoms with Gasteiger partial charge < -0.3 is 5.73 Å².